The molecule has 2 aromatic heterocycles. The third-order valence-electron chi connectivity index (χ3n) is 3.12. The molecule has 4 rings (SSSR count). The lowest BCUT2D eigenvalue weighted by atomic mass is 10.2. The molecule has 0 spiro atoms. The standard InChI is InChI=1S/C15H9BrN4O/c16-10-2-4-12-14(5-10)17-8-15(19-12)21-11-3-1-9-7-18-20-13(9)6-11/h1-8H,(H,18,20). The van der Waals surface area contributed by atoms with Crippen molar-refractivity contribution in [2.45, 2.75) is 0 Å². The Hall–Kier alpha value is -2.47. The molecule has 0 unspecified atom stereocenters. The van der Waals surface area contributed by atoms with E-state index in [1.807, 2.05) is 36.4 Å². The van der Waals surface area contributed by atoms with E-state index in [1.54, 1.807) is 12.4 Å². The van der Waals surface area contributed by atoms with Gasteiger partial charge in [0.25, 0.3) is 0 Å². The van der Waals surface area contributed by atoms with Crippen LogP contribution in [0.15, 0.2) is 53.3 Å². The van der Waals surface area contributed by atoms with Crippen LogP contribution in [0.2, 0.25) is 0 Å². The Kier molecular flexibility index (Phi) is 2.82. The molecule has 21 heavy (non-hydrogen) atoms. The minimum Gasteiger partial charge on any atom is -0.437 e. The number of halogens is 1. The Morgan fingerprint density at radius 3 is 2.90 bits per heavy atom. The molecule has 0 atom stereocenters. The molecule has 2 aromatic carbocycles. The minimum atomic E-state index is 0.462. The van der Waals surface area contributed by atoms with Gasteiger partial charge in [0.2, 0.25) is 5.88 Å². The number of benzene rings is 2. The maximum atomic E-state index is 5.76. The quantitative estimate of drug-likeness (QED) is 0.597. The summed E-state index contributed by atoms with van der Waals surface area (Å²) in [6, 6.07) is 11.5. The molecule has 0 fully saturated rings. The summed E-state index contributed by atoms with van der Waals surface area (Å²) < 4.78 is 6.74. The van der Waals surface area contributed by atoms with Crippen LogP contribution in [0.3, 0.4) is 0 Å². The van der Waals surface area contributed by atoms with E-state index in [9.17, 15) is 0 Å². The highest BCUT2D eigenvalue weighted by atomic mass is 79.9. The number of fused-ring (bicyclic) bond motifs is 2. The first kappa shape index (κ1) is 12.3. The molecule has 0 aliphatic rings. The summed E-state index contributed by atoms with van der Waals surface area (Å²) in [5, 5.41) is 7.93. The molecule has 0 saturated heterocycles. The number of nitrogens with zero attached hydrogens (tertiary/aromatic N) is 3. The molecular formula is C15H9BrN4O. The second kappa shape index (κ2) is 4.82. The Morgan fingerprint density at radius 1 is 1.00 bits per heavy atom. The van der Waals surface area contributed by atoms with Gasteiger partial charge in [-0.1, -0.05) is 15.9 Å². The molecule has 1 N–H and O–H groups in total. The number of ether oxygens (including phenoxy) is 1. The van der Waals surface area contributed by atoms with Gasteiger partial charge in [-0.3, -0.25) is 5.10 Å². The van der Waals surface area contributed by atoms with Gasteiger partial charge in [-0.2, -0.15) is 5.10 Å². The summed E-state index contributed by atoms with van der Waals surface area (Å²) in [5.74, 6) is 1.15. The summed E-state index contributed by atoms with van der Waals surface area (Å²) in [6.07, 6.45) is 3.39. The molecule has 0 bridgehead atoms. The van der Waals surface area contributed by atoms with Crippen molar-refractivity contribution >= 4 is 37.9 Å². The number of aromatic nitrogens is 4. The zero-order chi connectivity index (χ0) is 14.2. The molecular weight excluding hydrogens is 332 g/mol. The summed E-state index contributed by atoms with van der Waals surface area (Å²) >= 11 is 3.42. The van der Waals surface area contributed by atoms with Crippen molar-refractivity contribution in [3.05, 3.63) is 53.3 Å². The Balaban J connectivity index is 1.71. The number of H-pyrrole nitrogens is 1. The fourth-order valence-electron chi connectivity index (χ4n) is 2.12. The van der Waals surface area contributed by atoms with Gasteiger partial charge in [-0.15, -0.1) is 0 Å². The third kappa shape index (κ3) is 2.34. The zero-order valence-corrected chi connectivity index (χ0v) is 12.3. The van der Waals surface area contributed by atoms with Gasteiger partial charge in [0.15, 0.2) is 0 Å². The van der Waals surface area contributed by atoms with Crippen LogP contribution in [0, 0.1) is 0 Å². The van der Waals surface area contributed by atoms with Gasteiger partial charge in [-0.05, 0) is 30.3 Å². The number of nitrogens with one attached hydrogen (secondary N) is 1. The SMILES string of the molecule is Brc1ccc2nc(Oc3ccc4cn[nH]c4c3)cnc2c1. The van der Waals surface area contributed by atoms with Crippen molar-refractivity contribution in [2.24, 2.45) is 0 Å². The van der Waals surface area contributed by atoms with Crippen molar-refractivity contribution in [1.82, 2.24) is 20.2 Å². The van der Waals surface area contributed by atoms with Crippen LogP contribution >= 0.6 is 15.9 Å². The van der Waals surface area contributed by atoms with E-state index in [-0.39, 0.29) is 0 Å². The van der Waals surface area contributed by atoms with E-state index >= 15 is 0 Å². The highest BCUT2D eigenvalue weighted by Gasteiger charge is 2.04. The molecule has 0 aliphatic carbocycles. The van der Waals surface area contributed by atoms with Crippen LogP contribution in [0.5, 0.6) is 11.6 Å². The van der Waals surface area contributed by atoms with Crippen molar-refractivity contribution in [1.29, 1.82) is 0 Å². The van der Waals surface area contributed by atoms with Crippen LogP contribution in [0.1, 0.15) is 0 Å². The first-order valence-corrected chi connectivity index (χ1v) is 7.10. The predicted octanol–water partition coefficient (Wildman–Crippen LogP) is 4.06. The lowest BCUT2D eigenvalue weighted by molar-refractivity contribution is 0.463. The normalized spacial score (nSPS) is 11.1. The van der Waals surface area contributed by atoms with E-state index < -0.39 is 0 Å². The molecule has 102 valence electrons. The number of hydrogen-bond donors (Lipinski definition) is 1. The fourth-order valence-corrected chi connectivity index (χ4v) is 2.47. The Labute approximate surface area is 128 Å². The summed E-state index contributed by atoms with van der Waals surface area (Å²) in [4.78, 5) is 8.80. The largest absolute Gasteiger partial charge is 0.437 e. The minimum absolute atomic E-state index is 0.462. The maximum Gasteiger partial charge on any atom is 0.238 e. The van der Waals surface area contributed by atoms with E-state index in [4.69, 9.17) is 4.74 Å². The molecule has 0 saturated carbocycles. The maximum absolute atomic E-state index is 5.76. The van der Waals surface area contributed by atoms with Crippen LogP contribution in [0.25, 0.3) is 21.9 Å². The first-order valence-electron chi connectivity index (χ1n) is 6.31. The average Bonchev–Trinajstić information content (AvgIpc) is 2.95. The van der Waals surface area contributed by atoms with Crippen LogP contribution < -0.4 is 4.74 Å². The fraction of sp³-hybridized carbons (Fsp3) is 0. The highest BCUT2D eigenvalue weighted by Crippen LogP contribution is 2.25. The predicted molar refractivity (Wildman–Crippen MR) is 83.4 cm³/mol. The van der Waals surface area contributed by atoms with Crippen molar-refractivity contribution in [3.63, 3.8) is 0 Å². The topological polar surface area (TPSA) is 63.7 Å². The second-order valence-corrected chi connectivity index (χ2v) is 5.48. The lowest BCUT2D eigenvalue weighted by Gasteiger charge is -2.05. The summed E-state index contributed by atoms with van der Waals surface area (Å²) in [5.41, 5.74) is 2.53. The van der Waals surface area contributed by atoms with E-state index in [2.05, 4.69) is 36.1 Å². The number of rotatable bonds is 2. The van der Waals surface area contributed by atoms with E-state index in [0.717, 1.165) is 26.4 Å². The van der Waals surface area contributed by atoms with E-state index in [1.165, 1.54) is 0 Å². The number of aromatic amines is 1. The van der Waals surface area contributed by atoms with Gasteiger partial charge in [0, 0.05) is 15.9 Å². The van der Waals surface area contributed by atoms with Crippen molar-refractivity contribution in [2.75, 3.05) is 0 Å². The third-order valence-corrected chi connectivity index (χ3v) is 3.61. The summed E-state index contributed by atoms with van der Waals surface area (Å²) in [7, 11) is 0. The summed E-state index contributed by atoms with van der Waals surface area (Å²) in [6.45, 7) is 0. The zero-order valence-electron chi connectivity index (χ0n) is 10.7. The van der Waals surface area contributed by atoms with Crippen molar-refractivity contribution < 1.29 is 4.74 Å². The molecule has 6 heteroatoms. The molecule has 2 heterocycles. The van der Waals surface area contributed by atoms with Gasteiger partial charge in [-0.25, -0.2) is 9.97 Å². The van der Waals surface area contributed by atoms with Crippen LogP contribution in [-0.2, 0) is 0 Å². The number of hydrogen-bond acceptors (Lipinski definition) is 4. The first-order chi connectivity index (χ1) is 10.3. The average molecular weight is 341 g/mol. The highest BCUT2D eigenvalue weighted by molar-refractivity contribution is 9.10. The molecule has 4 aromatic rings. The van der Waals surface area contributed by atoms with Gasteiger partial charge in [0.1, 0.15) is 5.75 Å². The van der Waals surface area contributed by atoms with Crippen LogP contribution in [0.4, 0.5) is 0 Å². The van der Waals surface area contributed by atoms with Crippen molar-refractivity contribution in [3.8, 4) is 11.6 Å². The van der Waals surface area contributed by atoms with Gasteiger partial charge < -0.3 is 4.74 Å². The Morgan fingerprint density at radius 2 is 1.95 bits per heavy atom. The smallest absolute Gasteiger partial charge is 0.238 e. The van der Waals surface area contributed by atoms with Gasteiger partial charge in [0.05, 0.1) is 28.9 Å². The molecule has 5 nitrogen and oxygen atoms in total. The second-order valence-electron chi connectivity index (χ2n) is 4.56. The molecule has 0 amide bonds. The Bertz CT molecular complexity index is 951. The monoisotopic (exact) mass is 340 g/mol. The van der Waals surface area contributed by atoms with Gasteiger partial charge >= 0.3 is 0 Å². The molecule has 0 aliphatic heterocycles. The lowest BCUT2D eigenvalue weighted by Crippen LogP contribution is -1.91. The van der Waals surface area contributed by atoms with E-state index in [0.29, 0.717) is 11.6 Å². The van der Waals surface area contributed by atoms with Crippen LogP contribution in [-0.4, -0.2) is 20.2 Å². The molecule has 0 radical (unpaired) electrons.